The first-order valence-corrected chi connectivity index (χ1v) is 7.34. The van der Waals surface area contributed by atoms with Crippen LogP contribution in [0.15, 0.2) is 18.2 Å². The van der Waals surface area contributed by atoms with Crippen LogP contribution in [0.4, 0.5) is 0 Å². The molecule has 110 valence electrons. The van der Waals surface area contributed by atoms with E-state index in [1.54, 1.807) is 0 Å². The summed E-state index contributed by atoms with van der Waals surface area (Å²) in [5.41, 5.74) is 0.922. The van der Waals surface area contributed by atoms with Crippen LogP contribution in [-0.4, -0.2) is 23.8 Å². The topological polar surface area (TPSA) is 55.8 Å². The van der Waals surface area contributed by atoms with Crippen molar-refractivity contribution in [3.63, 3.8) is 0 Å². The number of hydrogen-bond acceptors (Lipinski definition) is 3. The number of aliphatic carboxylic acids is 1. The normalized spacial score (nSPS) is 15.2. The molecule has 1 aromatic carbocycles. The molecule has 0 radical (unpaired) electrons. The number of hydrogen-bond donors (Lipinski definition) is 1. The van der Waals surface area contributed by atoms with Crippen molar-refractivity contribution in [3.05, 3.63) is 23.8 Å². The zero-order valence-corrected chi connectivity index (χ0v) is 11.9. The molecule has 0 amide bonds. The fourth-order valence-electron chi connectivity index (χ4n) is 2.58. The van der Waals surface area contributed by atoms with Crippen molar-refractivity contribution in [2.75, 3.05) is 6.61 Å². The van der Waals surface area contributed by atoms with Crippen LogP contribution >= 0.6 is 0 Å². The summed E-state index contributed by atoms with van der Waals surface area (Å²) in [6.07, 6.45) is 5.35. The molecule has 1 aromatic rings. The number of aryl methyl sites for hydroxylation is 1. The zero-order valence-electron chi connectivity index (χ0n) is 11.9. The molecule has 0 heterocycles. The fraction of sp³-hybridized carbons (Fsp3) is 0.562. The maximum Gasteiger partial charge on any atom is 0.303 e. The molecule has 0 aliphatic heterocycles. The third-order valence-electron chi connectivity index (χ3n) is 3.56. The maximum absolute atomic E-state index is 10.8. The van der Waals surface area contributed by atoms with Crippen LogP contribution in [0.3, 0.4) is 0 Å². The summed E-state index contributed by atoms with van der Waals surface area (Å²) in [4.78, 5) is 10.8. The summed E-state index contributed by atoms with van der Waals surface area (Å²) < 4.78 is 11.7. The van der Waals surface area contributed by atoms with Gasteiger partial charge in [-0.2, -0.15) is 0 Å². The summed E-state index contributed by atoms with van der Waals surface area (Å²) in [6.45, 7) is 2.51. The molecular weight excluding hydrogens is 256 g/mol. The van der Waals surface area contributed by atoms with Gasteiger partial charge in [0.1, 0.15) is 0 Å². The Morgan fingerprint density at radius 3 is 2.75 bits per heavy atom. The highest BCUT2D eigenvalue weighted by molar-refractivity contribution is 5.67. The van der Waals surface area contributed by atoms with E-state index in [4.69, 9.17) is 14.6 Å². The van der Waals surface area contributed by atoms with Gasteiger partial charge in [0.05, 0.1) is 12.7 Å². The lowest BCUT2D eigenvalue weighted by atomic mass is 10.1. The number of ether oxygens (including phenoxy) is 2. The number of para-hydroxylation sites is 1. The molecule has 1 saturated carbocycles. The first-order valence-electron chi connectivity index (χ1n) is 7.34. The molecule has 1 N–H and O–H groups in total. The zero-order chi connectivity index (χ0) is 14.4. The summed E-state index contributed by atoms with van der Waals surface area (Å²) in [5.74, 6) is 0.670. The van der Waals surface area contributed by atoms with Gasteiger partial charge in [-0.3, -0.25) is 4.79 Å². The summed E-state index contributed by atoms with van der Waals surface area (Å²) in [6, 6.07) is 5.71. The molecule has 4 heteroatoms. The highest BCUT2D eigenvalue weighted by Gasteiger charge is 2.20. The lowest BCUT2D eigenvalue weighted by Gasteiger charge is -2.19. The van der Waals surface area contributed by atoms with Crippen LogP contribution < -0.4 is 9.47 Å². The van der Waals surface area contributed by atoms with E-state index in [2.05, 4.69) is 0 Å². The number of carbonyl (C=O) groups is 1. The number of carboxylic acid groups (broad SMARTS) is 1. The van der Waals surface area contributed by atoms with Gasteiger partial charge in [0.2, 0.25) is 0 Å². The molecular formula is C16H22O4. The van der Waals surface area contributed by atoms with Crippen LogP contribution in [0.25, 0.3) is 0 Å². The Morgan fingerprint density at radius 1 is 1.35 bits per heavy atom. The molecule has 1 aliphatic carbocycles. The Balaban J connectivity index is 2.19. The van der Waals surface area contributed by atoms with Gasteiger partial charge in [0.15, 0.2) is 11.5 Å². The fourth-order valence-corrected chi connectivity index (χ4v) is 2.58. The highest BCUT2D eigenvalue weighted by Crippen LogP contribution is 2.35. The van der Waals surface area contributed by atoms with Crippen molar-refractivity contribution >= 4 is 5.97 Å². The van der Waals surface area contributed by atoms with Crippen molar-refractivity contribution in [3.8, 4) is 11.5 Å². The molecule has 20 heavy (non-hydrogen) atoms. The first-order chi connectivity index (χ1) is 9.70. The second-order valence-electron chi connectivity index (χ2n) is 5.10. The van der Waals surface area contributed by atoms with Gasteiger partial charge in [-0.1, -0.05) is 12.1 Å². The Morgan fingerprint density at radius 2 is 2.10 bits per heavy atom. The summed E-state index contributed by atoms with van der Waals surface area (Å²) >= 11 is 0. The number of benzene rings is 1. The van der Waals surface area contributed by atoms with E-state index in [9.17, 15) is 4.79 Å². The standard InChI is InChI=1S/C16H22O4/c1-2-19-14-9-5-6-12(10-11-15(17)18)16(14)20-13-7-3-4-8-13/h5-6,9,13H,2-4,7-8,10-11H2,1H3,(H,17,18). The van der Waals surface area contributed by atoms with Gasteiger partial charge in [-0.25, -0.2) is 0 Å². The van der Waals surface area contributed by atoms with Gasteiger partial charge in [-0.15, -0.1) is 0 Å². The molecule has 2 rings (SSSR count). The average Bonchev–Trinajstić information content (AvgIpc) is 2.92. The number of carboxylic acids is 1. The lowest BCUT2D eigenvalue weighted by Crippen LogP contribution is -2.13. The van der Waals surface area contributed by atoms with E-state index in [0.29, 0.717) is 13.0 Å². The van der Waals surface area contributed by atoms with Crippen molar-refractivity contribution in [2.45, 2.75) is 51.6 Å². The van der Waals surface area contributed by atoms with Crippen LogP contribution in [0.1, 0.15) is 44.6 Å². The van der Waals surface area contributed by atoms with Crippen LogP contribution in [-0.2, 0) is 11.2 Å². The molecule has 0 spiro atoms. The smallest absolute Gasteiger partial charge is 0.303 e. The maximum atomic E-state index is 10.8. The Bertz CT molecular complexity index is 450. The van der Waals surface area contributed by atoms with E-state index in [0.717, 1.165) is 29.9 Å². The Labute approximate surface area is 119 Å². The molecule has 0 atom stereocenters. The molecule has 0 unspecified atom stereocenters. The Hall–Kier alpha value is -1.71. The molecule has 1 aliphatic rings. The molecule has 0 aromatic heterocycles. The van der Waals surface area contributed by atoms with E-state index in [1.165, 1.54) is 12.8 Å². The lowest BCUT2D eigenvalue weighted by molar-refractivity contribution is -0.136. The number of rotatable bonds is 7. The second-order valence-corrected chi connectivity index (χ2v) is 5.10. The minimum absolute atomic E-state index is 0.108. The van der Waals surface area contributed by atoms with E-state index in [1.807, 2.05) is 25.1 Å². The van der Waals surface area contributed by atoms with Crippen molar-refractivity contribution in [2.24, 2.45) is 0 Å². The SMILES string of the molecule is CCOc1cccc(CCC(=O)O)c1OC1CCCC1. The van der Waals surface area contributed by atoms with Crippen LogP contribution in [0.5, 0.6) is 11.5 Å². The van der Waals surface area contributed by atoms with Crippen molar-refractivity contribution < 1.29 is 19.4 Å². The Kier molecular flexibility index (Phi) is 5.27. The first kappa shape index (κ1) is 14.7. The van der Waals surface area contributed by atoms with Gasteiger partial charge < -0.3 is 14.6 Å². The third-order valence-corrected chi connectivity index (χ3v) is 3.56. The highest BCUT2D eigenvalue weighted by atomic mass is 16.5. The predicted octanol–water partition coefficient (Wildman–Crippen LogP) is 3.42. The predicted molar refractivity (Wildman–Crippen MR) is 76.5 cm³/mol. The third kappa shape index (κ3) is 3.89. The molecule has 0 saturated heterocycles. The van der Waals surface area contributed by atoms with E-state index < -0.39 is 5.97 Å². The summed E-state index contributed by atoms with van der Waals surface area (Å²) in [7, 11) is 0. The largest absolute Gasteiger partial charge is 0.490 e. The van der Waals surface area contributed by atoms with Gasteiger partial charge in [-0.05, 0) is 50.7 Å². The average molecular weight is 278 g/mol. The van der Waals surface area contributed by atoms with Crippen LogP contribution in [0, 0.1) is 0 Å². The minimum atomic E-state index is -0.793. The molecule has 0 bridgehead atoms. The molecule has 1 fully saturated rings. The van der Waals surface area contributed by atoms with Crippen molar-refractivity contribution in [1.82, 2.24) is 0 Å². The second kappa shape index (κ2) is 7.17. The van der Waals surface area contributed by atoms with Crippen molar-refractivity contribution in [1.29, 1.82) is 0 Å². The van der Waals surface area contributed by atoms with Gasteiger partial charge in [0, 0.05) is 6.42 Å². The van der Waals surface area contributed by atoms with E-state index >= 15 is 0 Å². The monoisotopic (exact) mass is 278 g/mol. The summed E-state index contributed by atoms with van der Waals surface area (Å²) in [5, 5.41) is 8.85. The van der Waals surface area contributed by atoms with Gasteiger partial charge in [0.25, 0.3) is 0 Å². The minimum Gasteiger partial charge on any atom is -0.490 e. The van der Waals surface area contributed by atoms with Crippen LogP contribution in [0.2, 0.25) is 0 Å². The quantitative estimate of drug-likeness (QED) is 0.830. The van der Waals surface area contributed by atoms with Gasteiger partial charge >= 0.3 is 5.97 Å². The molecule has 4 nitrogen and oxygen atoms in total. The van der Waals surface area contributed by atoms with E-state index in [-0.39, 0.29) is 12.5 Å².